The van der Waals surface area contributed by atoms with Crippen LogP contribution in [0.3, 0.4) is 0 Å². The van der Waals surface area contributed by atoms with Gasteiger partial charge in [-0.1, -0.05) is 26.5 Å². The molecule has 0 aromatic carbocycles. The Kier molecular flexibility index (Phi) is 3.62. The third-order valence-electron chi connectivity index (χ3n) is 3.48. The van der Waals surface area contributed by atoms with Crippen molar-refractivity contribution in [3.8, 4) is 0 Å². The summed E-state index contributed by atoms with van der Waals surface area (Å²) in [5, 5.41) is 3.40. The molecule has 1 aromatic heterocycles. The van der Waals surface area contributed by atoms with Crippen molar-refractivity contribution in [1.82, 2.24) is 4.98 Å². The first-order valence-electron chi connectivity index (χ1n) is 6.23. The SMILES string of the molecule is C=Cc1cc(NC(=C)C2CCC(C)C2)ccn1. The highest BCUT2D eigenvalue weighted by molar-refractivity contribution is 5.54. The van der Waals surface area contributed by atoms with Crippen LogP contribution in [0, 0.1) is 11.8 Å². The molecule has 17 heavy (non-hydrogen) atoms. The summed E-state index contributed by atoms with van der Waals surface area (Å²) in [5.74, 6) is 1.45. The molecule has 1 aromatic rings. The van der Waals surface area contributed by atoms with Gasteiger partial charge < -0.3 is 5.32 Å². The average molecular weight is 228 g/mol. The van der Waals surface area contributed by atoms with Gasteiger partial charge in [0.2, 0.25) is 0 Å². The molecule has 1 aliphatic rings. The molecule has 2 rings (SSSR count). The second kappa shape index (κ2) is 5.17. The van der Waals surface area contributed by atoms with E-state index < -0.39 is 0 Å². The van der Waals surface area contributed by atoms with E-state index in [1.807, 2.05) is 12.1 Å². The van der Waals surface area contributed by atoms with Crippen LogP contribution in [0.5, 0.6) is 0 Å². The summed E-state index contributed by atoms with van der Waals surface area (Å²) in [4.78, 5) is 4.19. The van der Waals surface area contributed by atoms with Crippen LogP contribution >= 0.6 is 0 Å². The first kappa shape index (κ1) is 11.9. The summed E-state index contributed by atoms with van der Waals surface area (Å²) < 4.78 is 0. The molecule has 0 aliphatic heterocycles. The molecule has 90 valence electrons. The minimum atomic E-state index is 0.616. The molecular weight excluding hydrogens is 208 g/mol. The fraction of sp³-hybridized carbons (Fsp3) is 0.400. The number of pyridine rings is 1. The molecule has 2 nitrogen and oxygen atoms in total. The van der Waals surface area contributed by atoms with Crippen LogP contribution < -0.4 is 5.32 Å². The number of nitrogens with one attached hydrogen (secondary N) is 1. The quantitative estimate of drug-likeness (QED) is 0.839. The highest BCUT2D eigenvalue weighted by atomic mass is 14.9. The fourth-order valence-electron chi connectivity index (χ4n) is 2.45. The normalized spacial score (nSPS) is 23.4. The van der Waals surface area contributed by atoms with E-state index in [2.05, 4.69) is 30.4 Å². The number of allylic oxidation sites excluding steroid dienone is 1. The first-order chi connectivity index (χ1) is 8.19. The van der Waals surface area contributed by atoms with Crippen LogP contribution in [0.4, 0.5) is 5.69 Å². The molecule has 1 saturated carbocycles. The predicted octanol–water partition coefficient (Wildman–Crippen LogP) is 4.09. The van der Waals surface area contributed by atoms with Crippen LogP contribution in [-0.2, 0) is 0 Å². The summed E-state index contributed by atoms with van der Waals surface area (Å²) in [6.45, 7) is 10.2. The maximum absolute atomic E-state index is 4.19. The summed E-state index contributed by atoms with van der Waals surface area (Å²) in [6.07, 6.45) is 7.38. The van der Waals surface area contributed by atoms with E-state index >= 15 is 0 Å². The Morgan fingerprint density at radius 3 is 3.00 bits per heavy atom. The Bertz CT molecular complexity index is 423. The monoisotopic (exact) mass is 228 g/mol. The zero-order chi connectivity index (χ0) is 12.3. The molecule has 0 radical (unpaired) electrons. The van der Waals surface area contributed by atoms with Gasteiger partial charge >= 0.3 is 0 Å². The molecule has 1 fully saturated rings. The molecule has 0 bridgehead atoms. The van der Waals surface area contributed by atoms with Gasteiger partial charge in [-0.15, -0.1) is 0 Å². The Morgan fingerprint density at radius 2 is 2.35 bits per heavy atom. The number of aromatic nitrogens is 1. The van der Waals surface area contributed by atoms with Gasteiger partial charge in [-0.05, 0) is 42.9 Å². The molecule has 1 heterocycles. The lowest BCUT2D eigenvalue weighted by Gasteiger charge is -2.16. The van der Waals surface area contributed by atoms with E-state index in [1.54, 1.807) is 12.3 Å². The van der Waals surface area contributed by atoms with Gasteiger partial charge in [-0.2, -0.15) is 0 Å². The van der Waals surface area contributed by atoms with Crippen molar-refractivity contribution in [1.29, 1.82) is 0 Å². The number of rotatable bonds is 4. The lowest BCUT2D eigenvalue weighted by molar-refractivity contribution is 0.574. The standard InChI is InChI=1S/C15H20N2/c1-4-14-10-15(7-8-16-14)17-12(3)13-6-5-11(2)9-13/h4,7-8,10-11,13H,1,3,5-6,9H2,2H3,(H,16,17). The van der Waals surface area contributed by atoms with Crippen molar-refractivity contribution in [3.05, 3.63) is 42.9 Å². The van der Waals surface area contributed by atoms with Crippen LogP contribution in [0.25, 0.3) is 6.08 Å². The van der Waals surface area contributed by atoms with E-state index in [9.17, 15) is 0 Å². The van der Waals surface area contributed by atoms with Crippen molar-refractivity contribution in [2.75, 3.05) is 5.32 Å². The van der Waals surface area contributed by atoms with Crippen LogP contribution in [-0.4, -0.2) is 4.98 Å². The lowest BCUT2D eigenvalue weighted by Crippen LogP contribution is -2.08. The van der Waals surface area contributed by atoms with Crippen molar-refractivity contribution >= 4 is 11.8 Å². The average Bonchev–Trinajstić information content (AvgIpc) is 2.76. The van der Waals surface area contributed by atoms with E-state index in [0.717, 1.165) is 23.0 Å². The van der Waals surface area contributed by atoms with E-state index in [1.165, 1.54) is 19.3 Å². The molecule has 2 unspecified atom stereocenters. The first-order valence-corrected chi connectivity index (χ1v) is 6.23. The summed E-state index contributed by atoms with van der Waals surface area (Å²) in [6, 6.07) is 3.97. The molecule has 0 saturated heterocycles. The van der Waals surface area contributed by atoms with Gasteiger partial charge in [0, 0.05) is 17.6 Å². The number of nitrogens with zero attached hydrogens (tertiary/aromatic N) is 1. The van der Waals surface area contributed by atoms with Gasteiger partial charge in [0.25, 0.3) is 0 Å². The number of hydrogen-bond acceptors (Lipinski definition) is 2. The third kappa shape index (κ3) is 2.96. The van der Waals surface area contributed by atoms with Crippen molar-refractivity contribution < 1.29 is 0 Å². The van der Waals surface area contributed by atoms with Gasteiger partial charge in [-0.25, -0.2) is 0 Å². The van der Waals surface area contributed by atoms with Crippen LogP contribution in [0.1, 0.15) is 31.9 Å². The number of anilines is 1. The largest absolute Gasteiger partial charge is 0.359 e. The molecule has 2 atom stereocenters. The van der Waals surface area contributed by atoms with E-state index in [4.69, 9.17) is 0 Å². The summed E-state index contributed by atoms with van der Waals surface area (Å²) >= 11 is 0. The zero-order valence-electron chi connectivity index (χ0n) is 10.4. The van der Waals surface area contributed by atoms with Gasteiger partial charge in [0.05, 0.1) is 5.69 Å². The maximum Gasteiger partial charge on any atom is 0.0644 e. The second-order valence-corrected chi connectivity index (χ2v) is 4.94. The Balaban J connectivity index is 2.00. The Hall–Kier alpha value is -1.57. The third-order valence-corrected chi connectivity index (χ3v) is 3.48. The summed E-state index contributed by atoms with van der Waals surface area (Å²) in [5.41, 5.74) is 3.08. The van der Waals surface area contributed by atoms with E-state index in [-0.39, 0.29) is 0 Å². The van der Waals surface area contributed by atoms with Crippen molar-refractivity contribution in [2.24, 2.45) is 11.8 Å². The molecule has 1 N–H and O–H groups in total. The minimum absolute atomic E-state index is 0.616. The highest BCUT2D eigenvalue weighted by Crippen LogP contribution is 2.34. The van der Waals surface area contributed by atoms with Crippen LogP contribution in [0.15, 0.2) is 37.2 Å². The molecule has 0 spiro atoms. The Morgan fingerprint density at radius 1 is 1.53 bits per heavy atom. The second-order valence-electron chi connectivity index (χ2n) is 4.94. The minimum Gasteiger partial charge on any atom is -0.359 e. The number of hydrogen-bond donors (Lipinski definition) is 1. The molecule has 0 amide bonds. The lowest BCUT2D eigenvalue weighted by atomic mass is 10.0. The van der Waals surface area contributed by atoms with Crippen molar-refractivity contribution in [2.45, 2.75) is 26.2 Å². The Labute approximate surface area is 103 Å². The van der Waals surface area contributed by atoms with Crippen molar-refractivity contribution in [3.63, 3.8) is 0 Å². The topological polar surface area (TPSA) is 24.9 Å². The molecule has 1 aliphatic carbocycles. The fourth-order valence-corrected chi connectivity index (χ4v) is 2.45. The molecular formula is C15H20N2. The predicted molar refractivity (Wildman–Crippen MR) is 73.6 cm³/mol. The van der Waals surface area contributed by atoms with Crippen LogP contribution in [0.2, 0.25) is 0 Å². The smallest absolute Gasteiger partial charge is 0.0644 e. The summed E-state index contributed by atoms with van der Waals surface area (Å²) in [7, 11) is 0. The zero-order valence-corrected chi connectivity index (χ0v) is 10.4. The van der Waals surface area contributed by atoms with Gasteiger partial charge in [0.15, 0.2) is 0 Å². The molecule has 2 heteroatoms. The van der Waals surface area contributed by atoms with Gasteiger partial charge in [0.1, 0.15) is 0 Å². The van der Waals surface area contributed by atoms with Gasteiger partial charge in [-0.3, -0.25) is 4.98 Å². The maximum atomic E-state index is 4.19. The highest BCUT2D eigenvalue weighted by Gasteiger charge is 2.23. The van der Waals surface area contributed by atoms with E-state index in [0.29, 0.717) is 5.92 Å².